The number of sulfone groups is 1. The van der Waals surface area contributed by atoms with Crippen LogP contribution in [0.1, 0.15) is 12.8 Å². The summed E-state index contributed by atoms with van der Waals surface area (Å²) in [6.07, 6.45) is 2.95. The minimum absolute atomic E-state index is 0.108. The molecule has 0 N–H and O–H groups in total. The van der Waals surface area contributed by atoms with E-state index in [1.165, 1.54) is 13.4 Å². The van der Waals surface area contributed by atoms with Crippen LogP contribution in [0.4, 0.5) is 5.69 Å². The number of ether oxygens (including phenoxy) is 1. The Bertz CT molecular complexity index is 580. The van der Waals surface area contributed by atoms with Crippen molar-refractivity contribution in [1.82, 2.24) is 0 Å². The Morgan fingerprint density at radius 1 is 1.30 bits per heavy atom. The van der Waals surface area contributed by atoms with Gasteiger partial charge in [0.05, 0.1) is 17.9 Å². The lowest BCUT2D eigenvalue weighted by Crippen LogP contribution is -2.39. The predicted octanol–water partition coefficient (Wildman–Crippen LogP) is 1.48. The van der Waals surface area contributed by atoms with Crippen molar-refractivity contribution in [2.75, 3.05) is 31.4 Å². The van der Waals surface area contributed by atoms with Crippen LogP contribution in [0.5, 0.6) is 0 Å². The summed E-state index contributed by atoms with van der Waals surface area (Å²) in [6, 6.07) is 6.78. The molecule has 1 fully saturated rings. The molecule has 1 atom stereocenters. The van der Waals surface area contributed by atoms with E-state index in [1.807, 2.05) is 0 Å². The first-order valence-corrected chi connectivity index (χ1v) is 8.44. The Balaban J connectivity index is 2.13. The zero-order valence-electron chi connectivity index (χ0n) is 11.7. The van der Waals surface area contributed by atoms with Crippen molar-refractivity contribution in [3.8, 4) is 0 Å². The second-order valence-electron chi connectivity index (χ2n) is 5.07. The fourth-order valence-corrected chi connectivity index (χ4v) is 3.11. The van der Waals surface area contributed by atoms with Crippen molar-refractivity contribution in [1.29, 1.82) is 0 Å². The van der Waals surface area contributed by atoms with Crippen LogP contribution in [0.15, 0.2) is 29.2 Å². The van der Waals surface area contributed by atoms with Crippen LogP contribution >= 0.6 is 0 Å². The van der Waals surface area contributed by atoms with Gasteiger partial charge in [-0.2, -0.15) is 0 Å². The summed E-state index contributed by atoms with van der Waals surface area (Å²) in [5.74, 6) is -0.286. The minimum atomic E-state index is -3.17. The number of piperidine rings is 1. The van der Waals surface area contributed by atoms with Gasteiger partial charge in [-0.3, -0.25) is 4.79 Å². The molecule has 1 aromatic rings. The highest BCUT2D eigenvalue weighted by atomic mass is 32.2. The van der Waals surface area contributed by atoms with Gasteiger partial charge in [0.2, 0.25) is 0 Å². The van der Waals surface area contributed by atoms with Crippen LogP contribution < -0.4 is 4.90 Å². The number of hydrogen-bond donors (Lipinski definition) is 0. The van der Waals surface area contributed by atoms with Gasteiger partial charge in [-0.15, -0.1) is 0 Å². The van der Waals surface area contributed by atoms with E-state index in [9.17, 15) is 13.2 Å². The smallest absolute Gasteiger partial charge is 0.310 e. The third-order valence-electron chi connectivity index (χ3n) is 3.59. The monoisotopic (exact) mass is 297 g/mol. The fourth-order valence-electron chi connectivity index (χ4n) is 2.47. The number of anilines is 1. The Labute approximate surface area is 119 Å². The fraction of sp³-hybridized carbons (Fsp3) is 0.500. The molecule has 0 saturated carbocycles. The number of benzene rings is 1. The average molecular weight is 297 g/mol. The Morgan fingerprint density at radius 2 is 1.95 bits per heavy atom. The molecule has 1 saturated heterocycles. The summed E-state index contributed by atoms with van der Waals surface area (Å²) in [7, 11) is -1.77. The molecule has 0 aromatic heterocycles. The Hall–Kier alpha value is -1.56. The Morgan fingerprint density at radius 3 is 2.50 bits per heavy atom. The van der Waals surface area contributed by atoms with Gasteiger partial charge in [0.1, 0.15) is 0 Å². The summed E-state index contributed by atoms with van der Waals surface area (Å²) >= 11 is 0. The standard InChI is InChI=1S/C14H19NO4S/c1-19-14(16)11-4-3-9-15(10-11)12-5-7-13(8-6-12)20(2,17)18/h5-8,11H,3-4,9-10H2,1-2H3. The van der Waals surface area contributed by atoms with E-state index >= 15 is 0 Å². The molecule has 5 nitrogen and oxygen atoms in total. The summed E-state index contributed by atoms with van der Waals surface area (Å²) < 4.78 is 27.6. The molecule has 1 aromatic carbocycles. The summed E-state index contributed by atoms with van der Waals surface area (Å²) in [5, 5.41) is 0. The number of nitrogens with zero attached hydrogens (tertiary/aromatic N) is 1. The Kier molecular flexibility index (Phi) is 4.32. The number of methoxy groups -OCH3 is 1. The molecule has 6 heteroatoms. The lowest BCUT2D eigenvalue weighted by molar-refractivity contribution is -0.145. The van der Waals surface area contributed by atoms with Gasteiger partial charge >= 0.3 is 5.97 Å². The number of hydrogen-bond acceptors (Lipinski definition) is 5. The van der Waals surface area contributed by atoms with E-state index < -0.39 is 9.84 Å². The van der Waals surface area contributed by atoms with Crippen molar-refractivity contribution in [2.45, 2.75) is 17.7 Å². The van der Waals surface area contributed by atoms with Crippen LogP contribution in [0, 0.1) is 5.92 Å². The molecular formula is C14H19NO4S. The van der Waals surface area contributed by atoms with E-state index in [1.54, 1.807) is 24.3 Å². The molecule has 0 aliphatic carbocycles. The lowest BCUT2D eigenvalue weighted by Gasteiger charge is -2.33. The highest BCUT2D eigenvalue weighted by Crippen LogP contribution is 2.25. The van der Waals surface area contributed by atoms with Crippen molar-refractivity contribution < 1.29 is 17.9 Å². The highest BCUT2D eigenvalue weighted by molar-refractivity contribution is 7.90. The van der Waals surface area contributed by atoms with Gasteiger partial charge < -0.3 is 9.64 Å². The zero-order chi connectivity index (χ0) is 14.8. The molecule has 1 aliphatic heterocycles. The minimum Gasteiger partial charge on any atom is -0.469 e. The van der Waals surface area contributed by atoms with Gasteiger partial charge in [0, 0.05) is 25.0 Å². The van der Waals surface area contributed by atoms with Crippen LogP contribution in [-0.4, -0.2) is 40.8 Å². The van der Waals surface area contributed by atoms with Gasteiger partial charge in [0.15, 0.2) is 9.84 Å². The molecule has 0 amide bonds. The molecular weight excluding hydrogens is 278 g/mol. The van der Waals surface area contributed by atoms with Gasteiger partial charge in [-0.1, -0.05) is 0 Å². The summed E-state index contributed by atoms with van der Waals surface area (Å²) in [6.45, 7) is 1.48. The molecule has 0 spiro atoms. The largest absolute Gasteiger partial charge is 0.469 e. The lowest BCUT2D eigenvalue weighted by atomic mass is 9.98. The first-order chi connectivity index (χ1) is 9.41. The predicted molar refractivity (Wildman–Crippen MR) is 76.5 cm³/mol. The first kappa shape index (κ1) is 14.8. The number of rotatable bonds is 3. The topological polar surface area (TPSA) is 63.7 Å². The second-order valence-corrected chi connectivity index (χ2v) is 7.09. The number of carbonyl (C=O) groups excluding carboxylic acids is 1. The van der Waals surface area contributed by atoms with E-state index in [0.29, 0.717) is 11.4 Å². The quantitative estimate of drug-likeness (QED) is 0.791. The molecule has 1 heterocycles. The van der Waals surface area contributed by atoms with Crippen LogP contribution in [-0.2, 0) is 19.4 Å². The van der Waals surface area contributed by atoms with E-state index in [2.05, 4.69) is 4.90 Å². The molecule has 110 valence electrons. The van der Waals surface area contributed by atoms with E-state index in [0.717, 1.165) is 25.1 Å². The highest BCUT2D eigenvalue weighted by Gasteiger charge is 2.26. The maximum absolute atomic E-state index is 11.6. The van der Waals surface area contributed by atoms with Crippen molar-refractivity contribution in [3.63, 3.8) is 0 Å². The van der Waals surface area contributed by atoms with E-state index in [-0.39, 0.29) is 11.9 Å². The van der Waals surface area contributed by atoms with Crippen molar-refractivity contribution >= 4 is 21.5 Å². The number of carbonyl (C=O) groups is 1. The maximum Gasteiger partial charge on any atom is 0.310 e. The van der Waals surface area contributed by atoms with Crippen LogP contribution in [0.2, 0.25) is 0 Å². The first-order valence-electron chi connectivity index (χ1n) is 6.54. The molecule has 2 rings (SSSR count). The van der Waals surface area contributed by atoms with Crippen molar-refractivity contribution in [3.05, 3.63) is 24.3 Å². The van der Waals surface area contributed by atoms with Crippen LogP contribution in [0.25, 0.3) is 0 Å². The van der Waals surface area contributed by atoms with Gasteiger partial charge in [-0.05, 0) is 37.1 Å². The molecule has 1 unspecified atom stereocenters. The molecule has 0 radical (unpaired) electrons. The maximum atomic E-state index is 11.6. The molecule has 0 bridgehead atoms. The van der Waals surface area contributed by atoms with Gasteiger partial charge in [0.25, 0.3) is 0 Å². The third-order valence-corrected chi connectivity index (χ3v) is 4.71. The number of esters is 1. The molecule has 20 heavy (non-hydrogen) atoms. The average Bonchev–Trinajstić information content (AvgIpc) is 2.46. The van der Waals surface area contributed by atoms with E-state index in [4.69, 9.17) is 4.74 Å². The summed E-state index contributed by atoms with van der Waals surface area (Å²) in [4.78, 5) is 14.0. The second kappa shape index (κ2) is 5.83. The third kappa shape index (κ3) is 3.30. The SMILES string of the molecule is COC(=O)C1CCCN(c2ccc(S(C)(=O)=O)cc2)C1. The summed E-state index contributed by atoms with van der Waals surface area (Å²) in [5.41, 5.74) is 0.936. The van der Waals surface area contributed by atoms with Crippen LogP contribution in [0.3, 0.4) is 0 Å². The van der Waals surface area contributed by atoms with Crippen molar-refractivity contribution in [2.24, 2.45) is 5.92 Å². The molecule has 1 aliphatic rings. The normalized spacial score (nSPS) is 19.7. The van der Waals surface area contributed by atoms with Gasteiger partial charge in [-0.25, -0.2) is 8.42 Å². The zero-order valence-corrected chi connectivity index (χ0v) is 12.5.